The zero-order valence-electron chi connectivity index (χ0n) is 53.8. The van der Waals surface area contributed by atoms with Crippen molar-refractivity contribution in [3.8, 4) is 113 Å². The third-order valence-corrected chi connectivity index (χ3v) is 19.8. The van der Waals surface area contributed by atoms with Gasteiger partial charge in [-0.05, 0) is 188 Å². The Morgan fingerprint density at radius 2 is 0.600 bits per heavy atom. The number of aromatic nitrogens is 6. The van der Waals surface area contributed by atoms with Gasteiger partial charge in [0.05, 0.1) is 33.5 Å². The van der Waals surface area contributed by atoms with E-state index in [4.69, 9.17) is 28.8 Å². The second-order valence-electron chi connectivity index (χ2n) is 25.7. The van der Waals surface area contributed by atoms with E-state index >= 15 is 0 Å². The van der Waals surface area contributed by atoms with Gasteiger partial charge in [0.25, 0.3) is 0 Å². The van der Waals surface area contributed by atoms with Crippen molar-refractivity contribution in [3.63, 3.8) is 0 Å². The fourth-order valence-electron chi connectivity index (χ4n) is 14.8. The predicted molar refractivity (Wildman–Crippen MR) is 410 cm³/mol. The number of furan rings is 2. The molecule has 20 rings (SSSR count). The maximum absolute atomic E-state index is 6.46. The molecule has 0 saturated heterocycles. The first-order chi connectivity index (χ1) is 49.5. The van der Waals surface area contributed by atoms with E-state index in [9.17, 15) is 0 Å². The average Bonchev–Trinajstić information content (AvgIpc) is 1.49. The lowest BCUT2D eigenvalue weighted by molar-refractivity contribution is 0.628. The average molecular weight is 1280 g/mol. The molecule has 0 aliphatic heterocycles. The minimum atomic E-state index is 0.613. The summed E-state index contributed by atoms with van der Waals surface area (Å²) in [4.78, 5) is 21.0. The van der Waals surface area contributed by atoms with Gasteiger partial charge in [-0.1, -0.05) is 206 Å². The molecule has 8 nitrogen and oxygen atoms in total. The van der Waals surface area contributed by atoms with Gasteiger partial charge < -0.3 is 18.0 Å². The lowest BCUT2D eigenvalue weighted by Gasteiger charge is -2.12. The zero-order chi connectivity index (χ0) is 65.8. The Hall–Kier alpha value is -13.6. The molecule has 14 aromatic carbocycles. The van der Waals surface area contributed by atoms with Crippen molar-refractivity contribution in [2.45, 2.75) is 0 Å². The van der Waals surface area contributed by atoms with Crippen molar-refractivity contribution >= 4 is 87.1 Å². The molecule has 0 unspecified atom stereocenters. The van der Waals surface area contributed by atoms with Crippen molar-refractivity contribution in [2.24, 2.45) is 0 Å². The molecule has 0 aliphatic rings. The maximum Gasteiger partial charge on any atom is 0.160 e. The smallest absolute Gasteiger partial charge is 0.160 e. The van der Waals surface area contributed by atoms with Crippen molar-refractivity contribution in [3.05, 3.63) is 340 Å². The number of fused-ring (bicyclic) bond motifs is 10. The van der Waals surface area contributed by atoms with Gasteiger partial charge in [-0.3, -0.25) is 0 Å². The highest BCUT2D eigenvalue weighted by atomic mass is 16.3. The first-order valence-corrected chi connectivity index (χ1v) is 33.7. The second kappa shape index (κ2) is 23.1. The number of rotatable bonds is 11. The summed E-state index contributed by atoms with van der Waals surface area (Å²) in [5, 5.41) is 11.5. The zero-order valence-corrected chi connectivity index (χ0v) is 53.8. The SMILES string of the molecule is c1cc(-c2ccc3cc(-c4cc(-c5cc6ccccc6o5)nc(-c5ccc(-n6c7ccccc7c7ccccc76)cc5)n4)ccc3c2)cc(-c2ccc3c(c2)c2ccccc2n3-c2ccc(-c3nc(-c4ccc(-c5cccc6ccccc56)cc4)cc(-c4cc5ccccc5o4)n3)cc2)c1. The summed E-state index contributed by atoms with van der Waals surface area (Å²) in [5.74, 6) is 2.61. The topological polar surface area (TPSA) is 87.7 Å². The van der Waals surface area contributed by atoms with Crippen LogP contribution in [0.15, 0.2) is 349 Å². The van der Waals surface area contributed by atoms with Crippen LogP contribution in [0.2, 0.25) is 0 Å². The van der Waals surface area contributed by atoms with E-state index < -0.39 is 0 Å². The van der Waals surface area contributed by atoms with Crippen molar-refractivity contribution < 1.29 is 8.83 Å². The maximum atomic E-state index is 6.46. The van der Waals surface area contributed by atoms with Gasteiger partial charge in [-0.15, -0.1) is 0 Å². The molecule has 0 aliphatic carbocycles. The minimum Gasteiger partial charge on any atom is -0.454 e. The highest BCUT2D eigenvalue weighted by molar-refractivity contribution is 6.11. The quantitative estimate of drug-likeness (QED) is 0.128. The number of nitrogens with zero attached hydrogens (tertiary/aromatic N) is 6. The Morgan fingerprint density at radius 3 is 1.17 bits per heavy atom. The molecule has 0 spiro atoms. The van der Waals surface area contributed by atoms with Crippen LogP contribution >= 0.6 is 0 Å². The third-order valence-electron chi connectivity index (χ3n) is 19.8. The molecular formula is C92H56N6O2. The van der Waals surface area contributed by atoms with Crippen LogP contribution in [0.3, 0.4) is 0 Å². The van der Waals surface area contributed by atoms with Gasteiger partial charge in [-0.25, -0.2) is 19.9 Å². The lowest BCUT2D eigenvalue weighted by Crippen LogP contribution is -1.97. The summed E-state index contributed by atoms with van der Waals surface area (Å²) in [6, 6.07) is 120. The highest BCUT2D eigenvalue weighted by Crippen LogP contribution is 2.41. The Morgan fingerprint density at radius 1 is 0.210 bits per heavy atom. The van der Waals surface area contributed by atoms with Crippen LogP contribution in [0.5, 0.6) is 0 Å². The van der Waals surface area contributed by atoms with E-state index in [1.807, 2.05) is 48.5 Å². The number of benzene rings is 14. The minimum absolute atomic E-state index is 0.613. The molecule has 6 aromatic heterocycles. The van der Waals surface area contributed by atoms with Gasteiger partial charge in [0.15, 0.2) is 23.2 Å². The molecule has 100 heavy (non-hydrogen) atoms. The molecule has 0 saturated carbocycles. The summed E-state index contributed by atoms with van der Waals surface area (Å²) in [7, 11) is 0. The Labute approximate surface area is 574 Å². The summed E-state index contributed by atoms with van der Waals surface area (Å²) in [5.41, 5.74) is 22.0. The normalized spacial score (nSPS) is 11.8. The van der Waals surface area contributed by atoms with Crippen LogP contribution in [-0.4, -0.2) is 29.1 Å². The molecule has 20 aromatic rings. The van der Waals surface area contributed by atoms with Gasteiger partial charge in [0, 0.05) is 65.9 Å². The Kier molecular flexibility index (Phi) is 13.1. The Bertz CT molecular complexity index is 6530. The molecule has 6 heterocycles. The highest BCUT2D eigenvalue weighted by Gasteiger charge is 2.21. The summed E-state index contributed by atoms with van der Waals surface area (Å²) in [6.45, 7) is 0. The van der Waals surface area contributed by atoms with Gasteiger partial charge in [0.2, 0.25) is 0 Å². The van der Waals surface area contributed by atoms with Crippen molar-refractivity contribution in [1.29, 1.82) is 0 Å². The van der Waals surface area contributed by atoms with E-state index in [-0.39, 0.29) is 0 Å². The van der Waals surface area contributed by atoms with E-state index in [1.165, 1.54) is 37.9 Å². The number of para-hydroxylation sites is 5. The first kappa shape index (κ1) is 56.8. The van der Waals surface area contributed by atoms with Crippen LogP contribution in [-0.2, 0) is 0 Å². The van der Waals surface area contributed by atoms with Crippen molar-refractivity contribution in [2.75, 3.05) is 0 Å². The largest absolute Gasteiger partial charge is 0.454 e. The summed E-state index contributed by atoms with van der Waals surface area (Å²) in [6.07, 6.45) is 0. The molecule has 0 radical (unpaired) electrons. The van der Waals surface area contributed by atoms with Crippen LogP contribution in [0.1, 0.15) is 0 Å². The predicted octanol–water partition coefficient (Wildman–Crippen LogP) is 24.3. The molecule has 8 heteroatoms. The van der Waals surface area contributed by atoms with Crippen LogP contribution in [0.25, 0.3) is 200 Å². The van der Waals surface area contributed by atoms with Crippen molar-refractivity contribution in [1.82, 2.24) is 29.1 Å². The molecule has 466 valence electrons. The molecule has 0 atom stereocenters. The molecule has 0 amide bonds. The molecule has 0 fully saturated rings. The van der Waals surface area contributed by atoms with E-state index in [0.717, 1.165) is 128 Å². The van der Waals surface area contributed by atoms with Crippen LogP contribution in [0, 0.1) is 0 Å². The molecular weight excluding hydrogens is 1220 g/mol. The number of hydrogen-bond donors (Lipinski definition) is 0. The van der Waals surface area contributed by atoms with Gasteiger partial charge >= 0.3 is 0 Å². The van der Waals surface area contributed by atoms with E-state index in [0.29, 0.717) is 34.6 Å². The van der Waals surface area contributed by atoms with Crippen LogP contribution in [0.4, 0.5) is 0 Å². The van der Waals surface area contributed by atoms with Gasteiger partial charge in [0.1, 0.15) is 22.6 Å². The Balaban J connectivity index is 0.604. The fourth-order valence-corrected chi connectivity index (χ4v) is 14.8. The van der Waals surface area contributed by atoms with Gasteiger partial charge in [-0.2, -0.15) is 0 Å². The lowest BCUT2D eigenvalue weighted by atomic mass is 9.96. The second-order valence-corrected chi connectivity index (χ2v) is 25.7. The standard InChI is InChI=1S/C92H56N6O2/c1-4-21-73-57(15-1)18-14-25-74(73)58-31-33-59(34-32-58)79-55-81(89-53-69-16-2-11-29-87(69)99-89)95-91(93-79)60-41-46-72(47-42-60)98-85-28-10-7-24-77(85)78-52-67(43-48-86(78)98)63-20-13-19-62(49-63)64-35-36-66-51-68(38-37-65(66)50-64)80-56-82(90-54-70-17-3-12-30-88(70)100-90)96-92(94-80)61-39-44-71(45-40-61)97-83-26-8-5-22-75(83)76-23-6-9-27-84(76)97/h1-56H. The number of hydrogen-bond acceptors (Lipinski definition) is 6. The molecule has 0 N–H and O–H groups in total. The molecule has 0 bridgehead atoms. The fraction of sp³-hybridized carbons (Fsp3) is 0. The van der Waals surface area contributed by atoms with E-state index in [1.54, 1.807) is 0 Å². The third kappa shape index (κ3) is 9.76. The summed E-state index contributed by atoms with van der Waals surface area (Å²) < 4.78 is 17.6. The first-order valence-electron chi connectivity index (χ1n) is 33.7. The van der Waals surface area contributed by atoms with E-state index in [2.05, 4.69) is 300 Å². The monoisotopic (exact) mass is 1280 g/mol. The van der Waals surface area contributed by atoms with Crippen LogP contribution < -0.4 is 0 Å². The summed E-state index contributed by atoms with van der Waals surface area (Å²) >= 11 is 0.